The first kappa shape index (κ1) is 33.5. The predicted octanol–water partition coefficient (Wildman–Crippen LogP) is 8.58. The molecular formula is C40H55NO4. The smallest absolute Gasteiger partial charge is 0.307 e. The van der Waals surface area contributed by atoms with Gasteiger partial charge in [0.25, 0.3) is 0 Å². The van der Waals surface area contributed by atoms with E-state index in [2.05, 4.69) is 54.6 Å². The van der Waals surface area contributed by atoms with Crippen LogP contribution in [0.2, 0.25) is 0 Å². The lowest BCUT2D eigenvalue weighted by Gasteiger charge is -2.44. The van der Waals surface area contributed by atoms with Crippen LogP contribution in [0, 0.1) is 17.8 Å². The molecule has 0 amide bonds. The molecule has 5 rings (SSSR count). The molecule has 2 aromatic rings. The summed E-state index contributed by atoms with van der Waals surface area (Å²) in [7, 11) is 0. The van der Waals surface area contributed by atoms with Gasteiger partial charge < -0.3 is 21.1 Å². The number of unbranched alkanes of at least 4 members (excludes halogenated alkanes) is 3. The Balaban J connectivity index is 1.34. The minimum atomic E-state index is -0.765. The fourth-order valence-electron chi connectivity index (χ4n) is 8.81. The van der Waals surface area contributed by atoms with Crippen LogP contribution in [0.15, 0.2) is 72.3 Å². The maximum Gasteiger partial charge on any atom is 0.307 e. The molecule has 0 radical (unpaired) electrons. The van der Waals surface area contributed by atoms with E-state index in [0.29, 0.717) is 18.8 Å². The van der Waals surface area contributed by atoms with E-state index in [4.69, 9.17) is 5.73 Å². The van der Waals surface area contributed by atoms with Gasteiger partial charge in [-0.25, -0.2) is 0 Å². The van der Waals surface area contributed by atoms with Crippen LogP contribution in [-0.2, 0) is 16.6 Å². The Morgan fingerprint density at radius 1 is 0.956 bits per heavy atom. The lowest BCUT2D eigenvalue weighted by atomic mass is 9.60. The molecule has 45 heavy (non-hydrogen) atoms. The van der Waals surface area contributed by atoms with Gasteiger partial charge in [0.05, 0.1) is 12.0 Å². The highest BCUT2D eigenvalue weighted by molar-refractivity contribution is 5.73. The van der Waals surface area contributed by atoms with Crippen molar-refractivity contribution in [3.63, 3.8) is 0 Å². The molecule has 0 aromatic heterocycles. The van der Waals surface area contributed by atoms with E-state index in [0.717, 1.165) is 63.0 Å². The summed E-state index contributed by atoms with van der Waals surface area (Å²) in [5.74, 6) is 0.402. The van der Waals surface area contributed by atoms with Crippen LogP contribution in [0.25, 0.3) is 0 Å². The highest BCUT2D eigenvalue weighted by atomic mass is 16.4. The van der Waals surface area contributed by atoms with Gasteiger partial charge >= 0.3 is 5.97 Å². The lowest BCUT2D eigenvalue weighted by Crippen LogP contribution is -2.45. The number of aromatic hydroxyl groups is 1. The zero-order chi connectivity index (χ0) is 31.6. The number of nitrogens with two attached hydrogens (primary N) is 1. The first-order chi connectivity index (χ1) is 21.9. The molecule has 1 saturated carbocycles. The number of phenols is 1. The number of rotatable bonds is 11. The number of aliphatic carboxylic acids is 1. The minimum absolute atomic E-state index is 0.287. The van der Waals surface area contributed by atoms with Crippen molar-refractivity contribution in [3.8, 4) is 5.75 Å². The third-order valence-corrected chi connectivity index (χ3v) is 11.2. The van der Waals surface area contributed by atoms with Crippen molar-refractivity contribution >= 4 is 5.97 Å². The molecule has 244 valence electrons. The second-order valence-corrected chi connectivity index (χ2v) is 14.3. The standard InChI is InChI=1S/C40H55NO4/c41-24-22-30-17-16-29(25-30)9-3-1-2-4-11-32-12-5-6-15-38(39(44)45)40(23-8-14-36(43)28-40)34-13-7-10-31(26-34)27-37(32)33-18-20-35(42)21-19-33/h5-7,10,13,18-21,25-26,29,32,36-38,42-43H,1-4,8-9,11-12,14-17,22-24,27-28,41H2,(H,44,45). The number of benzene rings is 2. The van der Waals surface area contributed by atoms with Gasteiger partial charge in [-0.15, -0.1) is 0 Å². The molecule has 3 aliphatic carbocycles. The normalized spacial score (nSPS) is 28.8. The third-order valence-electron chi connectivity index (χ3n) is 11.2. The van der Waals surface area contributed by atoms with Gasteiger partial charge in [0.2, 0.25) is 0 Å². The summed E-state index contributed by atoms with van der Waals surface area (Å²) < 4.78 is 0. The van der Waals surface area contributed by atoms with Gasteiger partial charge in [-0.05, 0) is 130 Å². The zero-order valence-corrected chi connectivity index (χ0v) is 27.1. The molecule has 2 bridgehead atoms. The average molecular weight is 614 g/mol. The Morgan fingerprint density at radius 2 is 1.73 bits per heavy atom. The Labute approximate surface area is 270 Å². The Morgan fingerprint density at radius 3 is 2.49 bits per heavy atom. The van der Waals surface area contributed by atoms with Crippen molar-refractivity contribution in [2.24, 2.45) is 23.5 Å². The van der Waals surface area contributed by atoms with Crippen LogP contribution in [0.1, 0.15) is 119 Å². The number of aliphatic hydroxyl groups is 1. The number of hydrogen-bond donors (Lipinski definition) is 4. The lowest BCUT2D eigenvalue weighted by molar-refractivity contribution is -0.145. The topological polar surface area (TPSA) is 104 Å². The zero-order valence-electron chi connectivity index (χ0n) is 27.1. The van der Waals surface area contributed by atoms with Crippen molar-refractivity contribution in [1.29, 1.82) is 0 Å². The van der Waals surface area contributed by atoms with E-state index in [1.54, 1.807) is 17.7 Å². The molecule has 1 fully saturated rings. The molecule has 0 aliphatic heterocycles. The molecule has 3 aliphatic rings. The number of phenolic OH excluding ortho intramolecular Hbond substituents is 1. The molecule has 5 nitrogen and oxygen atoms in total. The monoisotopic (exact) mass is 613 g/mol. The van der Waals surface area contributed by atoms with E-state index < -0.39 is 23.4 Å². The first-order valence-electron chi connectivity index (χ1n) is 17.7. The van der Waals surface area contributed by atoms with Crippen molar-refractivity contribution in [2.75, 3.05) is 6.54 Å². The number of carbonyl (C=O) groups is 1. The number of aliphatic hydroxyl groups excluding tert-OH is 1. The number of hydrogen-bond acceptors (Lipinski definition) is 4. The second kappa shape index (κ2) is 16.1. The van der Waals surface area contributed by atoms with Crippen molar-refractivity contribution in [1.82, 2.24) is 0 Å². The summed E-state index contributed by atoms with van der Waals surface area (Å²) in [4.78, 5) is 12.8. The average Bonchev–Trinajstić information content (AvgIpc) is 3.48. The van der Waals surface area contributed by atoms with E-state index in [1.165, 1.54) is 56.1 Å². The van der Waals surface area contributed by atoms with Gasteiger partial charge in [0, 0.05) is 5.41 Å². The largest absolute Gasteiger partial charge is 0.508 e. The van der Waals surface area contributed by atoms with Crippen LogP contribution in [0.5, 0.6) is 5.75 Å². The van der Waals surface area contributed by atoms with Gasteiger partial charge in [-0.2, -0.15) is 0 Å². The van der Waals surface area contributed by atoms with Crippen molar-refractivity contribution in [3.05, 3.63) is 89.0 Å². The molecule has 5 heteroatoms. The van der Waals surface area contributed by atoms with Crippen LogP contribution in [-0.4, -0.2) is 33.9 Å². The molecule has 2 aromatic carbocycles. The molecule has 6 unspecified atom stereocenters. The van der Waals surface area contributed by atoms with Gasteiger partial charge in [0.1, 0.15) is 5.75 Å². The number of fused-ring (bicyclic) bond motifs is 3. The molecule has 5 N–H and O–H groups in total. The van der Waals surface area contributed by atoms with E-state index >= 15 is 0 Å². The fraction of sp³-hybridized carbons (Fsp3) is 0.575. The molecular weight excluding hydrogens is 558 g/mol. The predicted molar refractivity (Wildman–Crippen MR) is 182 cm³/mol. The summed E-state index contributed by atoms with van der Waals surface area (Å²) in [6.45, 7) is 0.760. The first-order valence-corrected chi connectivity index (χ1v) is 17.7. The van der Waals surface area contributed by atoms with Crippen LogP contribution in [0.3, 0.4) is 0 Å². The van der Waals surface area contributed by atoms with Crippen molar-refractivity contribution in [2.45, 2.75) is 120 Å². The summed E-state index contributed by atoms with van der Waals surface area (Å²) in [5, 5.41) is 31.3. The van der Waals surface area contributed by atoms with E-state index in [-0.39, 0.29) is 11.7 Å². The van der Waals surface area contributed by atoms with Crippen LogP contribution in [0.4, 0.5) is 0 Å². The number of carboxylic acids is 1. The second-order valence-electron chi connectivity index (χ2n) is 14.3. The summed E-state index contributed by atoms with van der Waals surface area (Å²) in [6, 6.07) is 16.4. The summed E-state index contributed by atoms with van der Waals surface area (Å²) >= 11 is 0. The Hall–Kier alpha value is -2.89. The summed E-state index contributed by atoms with van der Waals surface area (Å²) in [5.41, 5.74) is 10.3. The number of allylic oxidation sites excluding steroid dienone is 3. The van der Waals surface area contributed by atoms with Crippen molar-refractivity contribution < 1.29 is 20.1 Å². The van der Waals surface area contributed by atoms with Gasteiger partial charge in [-0.1, -0.05) is 85.9 Å². The summed E-state index contributed by atoms with van der Waals surface area (Å²) in [6.07, 6.45) is 22.4. The van der Waals surface area contributed by atoms with E-state index in [9.17, 15) is 20.1 Å². The maximum absolute atomic E-state index is 12.8. The van der Waals surface area contributed by atoms with E-state index in [1.807, 2.05) is 0 Å². The maximum atomic E-state index is 12.8. The third kappa shape index (κ3) is 8.68. The van der Waals surface area contributed by atoms with Gasteiger partial charge in [-0.3, -0.25) is 4.79 Å². The van der Waals surface area contributed by atoms with Crippen LogP contribution < -0.4 is 5.73 Å². The SMILES string of the molecule is NCCC1=CC(CCCCCCC2CC=CCC(C(=O)O)C3(CCCC(O)C3)c3cccc(c3)CC2c2ccc(O)cc2)CC1. The highest BCUT2D eigenvalue weighted by Crippen LogP contribution is 2.48. The van der Waals surface area contributed by atoms with Gasteiger partial charge in [0.15, 0.2) is 0 Å². The van der Waals surface area contributed by atoms with Crippen LogP contribution >= 0.6 is 0 Å². The molecule has 6 atom stereocenters. The quantitative estimate of drug-likeness (QED) is 0.150. The molecule has 0 saturated heterocycles. The minimum Gasteiger partial charge on any atom is -0.508 e. The number of carboxylic acid groups (broad SMARTS) is 1. The molecule has 1 spiro atoms. The Bertz CT molecular complexity index is 1300. The fourth-order valence-corrected chi connectivity index (χ4v) is 8.81. The Kier molecular flexibility index (Phi) is 12.0. The molecule has 0 heterocycles. The highest BCUT2D eigenvalue weighted by Gasteiger charge is 2.47.